The van der Waals surface area contributed by atoms with E-state index in [-0.39, 0.29) is 75.3 Å². The molecule has 15 nitrogen and oxygen atoms in total. The molecule has 9 rings (SSSR count). The molecule has 2 atom stereocenters. The SMILES string of the molecule is C.C[Si](C)(C)CCOCn1nccc1-c1ccc(Oc2ccc(N)nc2)cc1.O=C1CCC(C(=O)CCl)CN1.O=C1CCC(c2cn3cc(Oc4ccc(C5=CC=NC5)cc4)ccc3n2)CN1.[3HH].[U]. The molecule has 6 aromatic rings. The predicted octanol–water partition coefficient (Wildman–Crippen LogP) is 9.42. The molecule has 18 heteroatoms. The number of carbonyl (C=O) groups is 3. The number of hydrogen-bond donors (Lipinski definition) is 3. The fraction of sp³-hybridized carbons (Fsp3) is 0.340. The van der Waals surface area contributed by atoms with Crippen LogP contribution in [0.25, 0.3) is 22.5 Å². The number of benzene rings is 2. The van der Waals surface area contributed by atoms with Crippen molar-refractivity contribution in [3.05, 3.63) is 121 Å². The minimum Gasteiger partial charge on any atom is -0.456 e. The molecule has 2 unspecified atom stereocenters. The van der Waals surface area contributed by atoms with Crippen LogP contribution in [0.5, 0.6) is 23.0 Å². The van der Waals surface area contributed by atoms with Crippen molar-refractivity contribution in [2.24, 2.45) is 10.9 Å². The summed E-state index contributed by atoms with van der Waals surface area (Å²) in [4.78, 5) is 46.0. The summed E-state index contributed by atoms with van der Waals surface area (Å²) >= 11 is 5.36. The first-order valence-corrected chi connectivity index (χ1v) is 26.3. The standard InChI is InChI=1S/C22H20N4O2.C20H26N4O2Si.C7H10ClNO2.CH4.U.H2/c27-22-8-3-17(12-24-22)20-14-26-13-19(6-7-21(26)25-20)28-18-4-1-15(2-5-18)16-9-10-23-11-16;1-27(2,3)13-12-25-15-24-19(10-11-23-24)16-4-6-17(7-5-16)26-18-8-9-20(21)22-14-18;8-3-6(10)5-1-2-7(11)9-4-5;;;/h1-2,4-7,9-10,13-14,17H,3,8,11-12H2,(H,24,27);4-11,14H,12-13,15H2,1-3H3,(H2,21,22);5H,1-4H2,(H,9,11);1H4;;1H/i;;;;;1+2. The molecule has 4 N–H and O–H groups in total. The summed E-state index contributed by atoms with van der Waals surface area (Å²) in [5.74, 6) is 3.86. The maximum absolute atomic E-state index is 11.4. The number of piperidine rings is 2. The molecule has 68 heavy (non-hydrogen) atoms. The van der Waals surface area contributed by atoms with E-state index in [9.17, 15) is 14.4 Å². The molecule has 3 aliphatic rings. The first-order valence-electron chi connectivity index (χ1n) is 22.1. The number of halogens is 1. The zero-order valence-electron chi connectivity index (χ0n) is 38.0. The van der Waals surface area contributed by atoms with Crippen molar-refractivity contribution in [1.82, 2.24) is 34.8 Å². The maximum atomic E-state index is 11.4. The monoisotopic (exact) mass is 1190 g/mol. The van der Waals surface area contributed by atoms with Gasteiger partial charge in [-0.25, -0.2) is 14.6 Å². The van der Waals surface area contributed by atoms with Crippen molar-refractivity contribution in [3.63, 3.8) is 0 Å². The summed E-state index contributed by atoms with van der Waals surface area (Å²) in [5, 5.41) is 9.92. The Morgan fingerprint density at radius 2 is 1.51 bits per heavy atom. The number of Topliss-reactive ketones (excluding diaryl/α,β-unsaturated/α-hetero) is 1. The molecule has 2 fully saturated rings. The van der Waals surface area contributed by atoms with Crippen LogP contribution in [0.3, 0.4) is 0 Å². The fourth-order valence-corrected chi connectivity index (χ4v) is 8.22. The number of nitrogens with two attached hydrogens (primary N) is 1. The van der Waals surface area contributed by atoms with Crippen LogP contribution in [0, 0.1) is 37.0 Å². The van der Waals surface area contributed by atoms with Gasteiger partial charge in [-0.15, -0.1) is 11.6 Å². The van der Waals surface area contributed by atoms with Gasteiger partial charge in [0.1, 0.15) is 41.2 Å². The van der Waals surface area contributed by atoms with Crippen molar-refractivity contribution in [2.45, 2.75) is 71.4 Å². The van der Waals surface area contributed by atoms with Gasteiger partial charge in [-0.2, -0.15) is 5.10 Å². The van der Waals surface area contributed by atoms with Crippen LogP contribution in [-0.4, -0.2) is 88.2 Å². The zero-order valence-corrected chi connectivity index (χ0v) is 43.9. The number of hydrogen-bond acceptors (Lipinski definition) is 11. The van der Waals surface area contributed by atoms with Crippen LogP contribution in [0.1, 0.15) is 51.7 Å². The van der Waals surface area contributed by atoms with Crippen molar-refractivity contribution < 1.29 is 61.1 Å². The van der Waals surface area contributed by atoms with E-state index in [1.54, 1.807) is 24.5 Å². The quantitative estimate of drug-likeness (QED) is 0.0538. The van der Waals surface area contributed by atoms with Gasteiger partial charge in [0.25, 0.3) is 0 Å². The van der Waals surface area contributed by atoms with Gasteiger partial charge < -0.3 is 35.0 Å². The van der Waals surface area contributed by atoms with Gasteiger partial charge in [-0.1, -0.05) is 39.2 Å². The molecule has 2 aromatic carbocycles. The predicted molar refractivity (Wildman–Crippen MR) is 269 cm³/mol. The molecular formula is C50H62ClN9O6SiU. The number of ether oxygens (including phenoxy) is 3. The third kappa shape index (κ3) is 15.7. The number of nitrogens with one attached hydrogen (secondary N) is 2. The van der Waals surface area contributed by atoms with E-state index in [0.717, 1.165) is 65.5 Å². The van der Waals surface area contributed by atoms with E-state index >= 15 is 0 Å². The minimum absolute atomic E-state index is 0. The van der Waals surface area contributed by atoms with E-state index in [0.29, 0.717) is 50.7 Å². The summed E-state index contributed by atoms with van der Waals surface area (Å²) in [6.45, 7) is 10.1. The third-order valence-corrected chi connectivity index (χ3v) is 13.1. The molecule has 2 amide bonds. The number of anilines is 1. The number of nitrogen functional groups attached to an aromatic ring is 1. The van der Waals surface area contributed by atoms with Crippen LogP contribution in [0.4, 0.5) is 5.82 Å². The van der Waals surface area contributed by atoms with E-state index in [2.05, 4.69) is 57.5 Å². The number of aromatic nitrogens is 5. The summed E-state index contributed by atoms with van der Waals surface area (Å²) in [6, 6.07) is 26.5. The van der Waals surface area contributed by atoms with Gasteiger partial charge in [0, 0.05) is 109 Å². The molecule has 7 heterocycles. The smallest absolute Gasteiger partial charge is 0.220 e. The zero-order chi connectivity index (χ0) is 46.5. The molecule has 0 spiro atoms. The molecule has 4 aromatic heterocycles. The molecule has 0 radical (unpaired) electrons. The molecule has 2 saturated heterocycles. The first kappa shape index (κ1) is 53.4. The second-order valence-electron chi connectivity index (χ2n) is 17.4. The molecule has 358 valence electrons. The number of fused-ring (bicyclic) bond motifs is 1. The minimum atomic E-state index is -1.08. The average Bonchev–Trinajstić information content (AvgIpc) is 4.12. The van der Waals surface area contributed by atoms with Crippen molar-refractivity contribution in [1.29, 1.82) is 0 Å². The second kappa shape index (κ2) is 25.7. The van der Waals surface area contributed by atoms with Gasteiger partial charge in [-0.3, -0.25) is 19.4 Å². The average molecular weight is 1190 g/mol. The van der Waals surface area contributed by atoms with Crippen molar-refractivity contribution in [2.75, 3.05) is 37.9 Å². The fourth-order valence-electron chi connectivity index (χ4n) is 7.25. The van der Waals surface area contributed by atoms with Gasteiger partial charge in [0.2, 0.25) is 11.8 Å². The van der Waals surface area contributed by atoms with E-state index in [1.807, 2.05) is 88.4 Å². The van der Waals surface area contributed by atoms with Crippen molar-refractivity contribution in [3.8, 4) is 34.3 Å². The third-order valence-electron chi connectivity index (χ3n) is 11.2. The Hall–Kier alpha value is -5.57. The van der Waals surface area contributed by atoms with E-state index in [1.165, 1.54) is 11.1 Å². The van der Waals surface area contributed by atoms with Crippen molar-refractivity contribution >= 4 is 60.5 Å². The number of alkyl halides is 1. The van der Waals surface area contributed by atoms with E-state index in [4.69, 9.17) is 36.5 Å². The van der Waals surface area contributed by atoms with Crippen LogP contribution in [0.2, 0.25) is 25.7 Å². The number of rotatable bonds is 14. The molecule has 0 aliphatic carbocycles. The Kier molecular flexibility index (Phi) is 20.2. The Bertz CT molecular complexity index is 2640. The Labute approximate surface area is 429 Å². The molecule has 3 aliphatic heterocycles. The van der Waals surface area contributed by atoms with E-state index < -0.39 is 8.07 Å². The summed E-state index contributed by atoms with van der Waals surface area (Å²) in [7, 11) is -1.08. The number of imidazole rings is 1. The van der Waals surface area contributed by atoms with Gasteiger partial charge >= 0.3 is 0 Å². The number of carbonyl (C=O) groups excluding carboxylic acids is 3. The number of nitrogens with zero attached hydrogens (tertiary/aromatic N) is 6. The molecular weight excluding hydrogens is 1120 g/mol. The Morgan fingerprint density at radius 1 is 0.853 bits per heavy atom. The second-order valence-corrected chi connectivity index (χ2v) is 23.3. The van der Waals surface area contributed by atoms with Gasteiger partial charge in [0.15, 0.2) is 5.78 Å². The normalized spacial score (nSPS) is 16.3. The topological polar surface area (TPSA) is 189 Å². The summed E-state index contributed by atoms with van der Waals surface area (Å²) < 4.78 is 21.5. The maximum Gasteiger partial charge on any atom is 0.220 e. The van der Waals surface area contributed by atoms with Crippen LogP contribution >= 0.6 is 11.6 Å². The molecule has 0 saturated carbocycles. The largest absolute Gasteiger partial charge is 0.456 e. The summed E-state index contributed by atoms with van der Waals surface area (Å²) in [5.41, 5.74) is 11.9. The number of amides is 2. The van der Waals surface area contributed by atoms with Crippen LogP contribution < -0.4 is 25.8 Å². The van der Waals surface area contributed by atoms with Crippen LogP contribution in [-0.2, 0) is 25.9 Å². The first-order chi connectivity index (χ1) is 31.9. The van der Waals surface area contributed by atoms with Crippen LogP contribution in [0.15, 0.2) is 115 Å². The van der Waals surface area contributed by atoms with Gasteiger partial charge in [-0.05, 0) is 103 Å². The number of allylic oxidation sites excluding steroid dienone is 1. The number of aliphatic imine (C=N–C) groups is 1. The number of pyridine rings is 2. The summed E-state index contributed by atoms with van der Waals surface area (Å²) in [6.07, 6.45) is 13.8. The molecule has 0 bridgehead atoms. The number of ketones is 1. The van der Waals surface area contributed by atoms with Gasteiger partial charge in [0.05, 0.1) is 36.2 Å². The Morgan fingerprint density at radius 3 is 2.12 bits per heavy atom. The Balaban J connectivity index is 0.000000239.